The summed E-state index contributed by atoms with van der Waals surface area (Å²) in [6.07, 6.45) is 3.46. The lowest BCUT2D eigenvalue weighted by Gasteiger charge is -2.22. The number of carboxylic acids is 1. The molecule has 0 aromatic rings. The first-order valence-corrected chi connectivity index (χ1v) is 7.40. The summed E-state index contributed by atoms with van der Waals surface area (Å²) in [5, 5.41) is 18.6. The number of carboxylic acid groups (broad SMARTS) is 1. The quantitative estimate of drug-likeness (QED) is 0.605. The highest BCUT2D eigenvalue weighted by Crippen LogP contribution is 2.22. The topological polar surface area (TPSA) is 104 Å². The second-order valence-corrected chi connectivity index (χ2v) is 5.56. The monoisotopic (exact) mass is 286 g/mol. The van der Waals surface area contributed by atoms with Crippen molar-refractivity contribution < 1.29 is 19.8 Å². The Labute approximate surface area is 119 Å². The molecule has 0 aromatic heterocycles. The van der Waals surface area contributed by atoms with Gasteiger partial charge in [-0.1, -0.05) is 19.8 Å². The number of amides is 1. The lowest BCUT2D eigenvalue weighted by Crippen LogP contribution is -2.40. The SMILES string of the molecule is CCCC(CCN)CCC(=O)N1C[C@H](O)C[C@@H]1C(=O)O. The maximum atomic E-state index is 12.1. The Balaban J connectivity index is 2.50. The summed E-state index contributed by atoms with van der Waals surface area (Å²) in [7, 11) is 0. The van der Waals surface area contributed by atoms with Crippen LogP contribution in [0.1, 0.15) is 45.4 Å². The van der Waals surface area contributed by atoms with Gasteiger partial charge in [-0.3, -0.25) is 4.79 Å². The summed E-state index contributed by atoms with van der Waals surface area (Å²) < 4.78 is 0. The average molecular weight is 286 g/mol. The van der Waals surface area contributed by atoms with Crippen LogP contribution in [0.4, 0.5) is 0 Å². The van der Waals surface area contributed by atoms with Crippen molar-refractivity contribution in [3.05, 3.63) is 0 Å². The molecule has 1 saturated heterocycles. The summed E-state index contributed by atoms with van der Waals surface area (Å²) in [5.41, 5.74) is 5.56. The van der Waals surface area contributed by atoms with Gasteiger partial charge in [-0.05, 0) is 25.3 Å². The molecule has 1 aliphatic heterocycles. The maximum absolute atomic E-state index is 12.1. The minimum absolute atomic E-state index is 0.127. The van der Waals surface area contributed by atoms with Crippen molar-refractivity contribution in [2.45, 2.75) is 57.6 Å². The molecule has 6 heteroatoms. The lowest BCUT2D eigenvalue weighted by molar-refractivity contribution is -0.148. The summed E-state index contributed by atoms with van der Waals surface area (Å²) in [4.78, 5) is 24.5. The molecule has 0 radical (unpaired) electrons. The Morgan fingerprint density at radius 2 is 2.05 bits per heavy atom. The van der Waals surface area contributed by atoms with Crippen molar-refractivity contribution in [1.29, 1.82) is 0 Å². The predicted molar refractivity (Wildman–Crippen MR) is 75.1 cm³/mol. The summed E-state index contributed by atoms with van der Waals surface area (Å²) in [6.45, 7) is 2.84. The molecule has 0 bridgehead atoms. The van der Waals surface area contributed by atoms with Gasteiger partial charge in [0.05, 0.1) is 6.10 Å². The second kappa shape index (κ2) is 8.21. The average Bonchev–Trinajstić information content (AvgIpc) is 2.78. The van der Waals surface area contributed by atoms with E-state index < -0.39 is 18.1 Å². The molecule has 20 heavy (non-hydrogen) atoms. The highest BCUT2D eigenvalue weighted by molar-refractivity contribution is 5.84. The Bertz CT molecular complexity index is 329. The lowest BCUT2D eigenvalue weighted by atomic mass is 9.94. The van der Waals surface area contributed by atoms with Gasteiger partial charge in [0.1, 0.15) is 6.04 Å². The third kappa shape index (κ3) is 4.76. The molecule has 3 atom stereocenters. The van der Waals surface area contributed by atoms with Gasteiger partial charge in [0, 0.05) is 19.4 Å². The van der Waals surface area contributed by atoms with Crippen LogP contribution in [0.25, 0.3) is 0 Å². The van der Waals surface area contributed by atoms with Crippen LogP contribution in [-0.2, 0) is 9.59 Å². The van der Waals surface area contributed by atoms with Gasteiger partial charge in [0.15, 0.2) is 0 Å². The first-order valence-electron chi connectivity index (χ1n) is 7.40. The molecule has 1 amide bonds. The fraction of sp³-hybridized carbons (Fsp3) is 0.857. The van der Waals surface area contributed by atoms with E-state index in [1.54, 1.807) is 0 Å². The number of nitrogens with two attached hydrogens (primary N) is 1. The highest BCUT2D eigenvalue weighted by Gasteiger charge is 2.38. The zero-order valence-corrected chi connectivity index (χ0v) is 12.1. The Kier molecular flexibility index (Phi) is 6.95. The fourth-order valence-corrected chi connectivity index (χ4v) is 2.87. The molecule has 1 aliphatic rings. The number of carbonyl (C=O) groups excluding carboxylic acids is 1. The van der Waals surface area contributed by atoms with Gasteiger partial charge >= 0.3 is 5.97 Å². The van der Waals surface area contributed by atoms with E-state index in [-0.39, 0.29) is 18.9 Å². The number of rotatable bonds is 8. The summed E-state index contributed by atoms with van der Waals surface area (Å²) >= 11 is 0. The summed E-state index contributed by atoms with van der Waals surface area (Å²) in [6, 6.07) is -0.878. The molecule has 6 nitrogen and oxygen atoms in total. The van der Waals surface area contributed by atoms with Gasteiger partial charge in [-0.15, -0.1) is 0 Å². The summed E-state index contributed by atoms with van der Waals surface area (Å²) in [5.74, 6) is -0.793. The van der Waals surface area contributed by atoms with Gasteiger partial charge < -0.3 is 20.8 Å². The second-order valence-electron chi connectivity index (χ2n) is 5.56. The van der Waals surface area contributed by atoms with Gasteiger partial charge in [-0.2, -0.15) is 0 Å². The van der Waals surface area contributed by atoms with Crippen LogP contribution in [0.3, 0.4) is 0 Å². The number of hydrogen-bond acceptors (Lipinski definition) is 4. The Morgan fingerprint density at radius 1 is 1.35 bits per heavy atom. The maximum Gasteiger partial charge on any atom is 0.326 e. The first kappa shape index (κ1) is 16.9. The van der Waals surface area contributed by atoms with Crippen LogP contribution in [0.5, 0.6) is 0 Å². The Hall–Kier alpha value is -1.14. The van der Waals surface area contributed by atoms with Crippen molar-refractivity contribution in [1.82, 2.24) is 4.90 Å². The molecule has 0 spiro atoms. The van der Waals surface area contributed by atoms with Crippen LogP contribution >= 0.6 is 0 Å². The first-order chi connectivity index (χ1) is 9.49. The molecule has 4 N–H and O–H groups in total. The smallest absolute Gasteiger partial charge is 0.326 e. The third-order valence-electron chi connectivity index (χ3n) is 3.92. The van der Waals surface area contributed by atoms with Crippen LogP contribution in [0.15, 0.2) is 0 Å². The zero-order chi connectivity index (χ0) is 15.1. The van der Waals surface area contributed by atoms with Gasteiger partial charge in [0.25, 0.3) is 0 Å². The largest absolute Gasteiger partial charge is 0.480 e. The number of aliphatic carboxylic acids is 1. The van der Waals surface area contributed by atoms with Crippen molar-refractivity contribution in [2.24, 2.45) is 11.7 Å². The number of likely N-dealkylation sites (tertiary alicyclic amines) is 1. The minimum atomic E-state index is -1.04. The zero-order valence-electron chi connectivity index (χ0n) is 12.1. The van der Waals surface area contributed by atoms with E-state index in [1.165, 1.54) is 4.90 Å². The van der Waals surface area contributed by atoms with E-state index in [0.717, 1.165) is 25.7 Å². The Morgan fingerprint density at radius 3 is 2.60 bits per heavy atom. The van der Waals surface area contributed by atoms with E-state index >= 15 is 0 Å². The normalized spacial score (nSPS) is 23.9. The molecule has 0 saturated carbocycles. The fourth-order valence-electron chi connectivity index (χ4n) is 2.87. The highest BCUT2D eigenvalue weighted by atomic mass is 16.4. The van der Waals surface area contributed by atoms with Crippen LogP contribution in [-0.4, -0.2) is 52.2 Å². The third-order valence-corrected chi connectivity index (χ3v) is 3.92. The van der Waals surface area contributed by atoms with Crippen molar-refractivity contribution >= 4 is 11.9 Å². The predicted octanol–water partition coefficient (Wildman–Crippen LogP) is 0.578. The van der Waals surface area contributed by atoms with Crippen molar-refractivity contribution in [2.75, 3.05) is 13.1 Å². The van der Waals surface area contributed by atoms with E-state index in [0.29, 0.717) is 18.9 Å². The van der Waals surface area contributed by atoms with Crippen molar-refractivity contribution in [3.63, 3.8) is 0 Å². The molecule has 116 valence electrons. The van der Waals surface area contributed by atoms with E-state index in [1.807, 2.05) is 0 Å². The number of β-amino-alcohol motifs (C(OH)–C–C–N with tert-alkyl or cyclic N) is 1. The standard InChI is InChI=1S/C14H26N2O4/c1-2-3-10(6-7-15)4-5-13(18)16-9-11(17)8-12(16)14(19)20/h10-12,17H,2-9,15H2,1H3,(H,19,20)/t10?,11-,12-/m1/s1. The number of carbonyl (C=O) groups is 2. The molecular formula is C14H26N2O4. The minimum Gasteiger partial charge on any atom is -0.480 e. The van der Waals surface area contributed by atoms with E-state index in [9.17, 15) is 14.7 Å². The molecule has 1 heterocycles. The molecule has 1 rings (SSSR count). The van der Waals surface area contributed by atoms with Gasteiger partial charge in [0.2, 0.25) is 5.91 Å². The molecule has 1 unspecified atom stereocenters. The molecule has 1 fully saturated rings. The molecule has 0 aliphatic carbocycles. The molecule has 0 aromatic carbocycles. The van der Waals surface area contributed by atoms with E-state index in [2.05, 4.69) is 6.92 Å². The molecular weight excluding hydrogens is 260 g/mol. The van der Waals surface area contributed by atoms with Crippen molar-refractivity contribution in [3.8, 4) is 0 Å². The van der Waals surface area contributed by atoms with Gasteiger partial charge in [-0.25, -0.2) is 4.79 Å². The number of hydrogen-bond donors (Lipinski definition) is 3. The van der Waals surface area contributed by atoms with E-state index in [4.69, 9.17) is 10.8 Å². The number of aliphatic hydroxyl groups is 1. The van der Waals surface area contributed by atoms with Crippen LogP contribution in [0, 0.1) is 5.92 Å². The number of nitrogens with zero attached hydrogens (tertiary/aromatic N) is 1. The van der Waals surface area contributed by atoms with Crippen LogP contribution < -0.4 is 5.73 Å². The number of aliphatic hydroxyl groups excluding tert-OH is 1. The van der Waals surface area contributed by atoms with Crippen LogP contribution in [0.2, 0.25) is 0 Å².